The Kier molecular flexibility index (Phi) is 6.82. The van der Waals surface area contributed by atoms with Crippen molar-refractivity contribution in [1.82, 2.24) is 4.90 Å². The van der Waals surface area contributed by atoms with E-state index in [1.165, 1.54) is 4.90 Å². The van der Waals surface area contributed by atoms with E-state index in [0.29, 0.717) is 11.5 Å². The van der Waals surface area contributed by atoms with Gasteiger partial charge in [-0.15, -0.1) is 0 Å². The van der Waals surface area contributed by atoms with E-state index >= 15 is 0 Å². The second-order valence-electron chi connectivity index (χ2n) is 6.41. The van der Waals surface area contributed by atoms with Crippen LogP contribution in [0.25, 0.3) is 0 Å². The predicted molar refractivity (Wildman–Crippen MR) is 102 cm³/mol. The number of carbonyl (C=O) groups is 2. The highest BCUT2D eigenvalue weighted by molar-refractivity contribution is 5.83. The van der Waals surface area contributed by atoms with Gasteiger partial charge < -0.3 is 19.5 Å². The second kappa shape index (κ2) is 9.07. The third kappa shape index (κ3) is 5.48. The van der Waals surface area contributed by atoms with Gasteiger partial charge in [-0.25, -0.2) is 0 Å². The summed E-state index contributed by atoms with van der Waals surface area (Å²) < 4.78 is 10.5. The Morgan fingerprint density at radius 3 is 2.04 bits per heavy atom. The number of nitrogens with zero attached hydrogens (tertiary/aromatic N) is 1. The van der Waals surface area contributed by atoms with E-state index in [1.807, 2.05) is 32.0 Å². The number of methoxy groups -OCH3 is 2. The molecule has 0 aliphatic rings. The number of hydrogen-bond donors (Lipinski definition) is 1. The molecule has 0 bridgehead atoms. The van der Waals surface area contributed by atoms with Crippen LogP contribution in [-0.2, 0) is 22.6 Å². The van der Waals surface area contributed by atoms with Crippen LogP contribution in [0.1, 0.15) is 22.3 Å². The molecule has 0 atom stereocenters. The Labute approximate surface area is 159 Å². The molecule has 0 aliphatic heterocycles. The van der Waals surface area contributed by atoms with E-state index in [2.05, 4.69) is 0 Å². The molecule has 0 saturated carbocycles. The van der Waals surface area contributed by atoms with Gasteiger partial charge in [-0.1, -0.05) is 18.2 Å². The van der Waals surface area contributed by atoms with Gasteiger partial charge in [0.15, 0.2) is 0 Å². The minimum Gasteiger partial charge on any atom is -0.497 e. The van der Waals surface area contributed by atoms with Gasteiger partial charge in [0, 0.05) is 12.6 Å². The van der Waals surface area contributed by atoms with Gasteiger partial charge in [0.2, 0.25) is 5.91 Å². The Balaban J connectivity index is 2.27. The molecule has 0 saturated heterocycles. The van der Waals surface area contributed by atoms with Gasteiger partial charge in [-0.2, -0.15) is 0 Å². The molecule has 27 heavy (non-hydrogen) atoms. The average molecular weight is 371 g/mol. The molecule has 0 radical (unpaired) electrons. The molecule has 0 heterocycles. The van der Waals surface area contributed by atoms with E-state index in [1.54, 1.807) is 32.4 Å². The number of hydrogen-bond acceptors (Lipinski definition) is 4. The maximum atomic E-state index is 12.9. The Morgan fingerprint density at radius 2 is 1.56 bits per heavy atom. The highest BCUT2D eigenvalue weighted by atomic mass is 16.5. The minimum atomic E-state index is -1.06. The Bertz CT molecular complexity index is 789. The summed E-state index contributed by atoms with van der Waals surface area (Å²) in [6, 6.07) is 11.1. The van der Waals surface area contributed by atoms with Gasteiger partial charge in [-0.3, -0.25) is 9.59 Å². The number of benzene rings is 2. The summed E-state index contributed by atoms with van der Waals surface area (Å²) in [7, 11) is 3.08. The summed E-state index contributed by atoms with van der Waals surface area (Å²) in [5, 5.41) is 9.24. The van der Waals surface area contributed by atoms with Gasteiger partial charge >= 0.3 is 5.97 Å². The first-order valence-electron chi connectivity index (χ1n) is 8.60. The molecule has 1 N–H and O–H groups in total. The first-order chi connectivity index (χ1) is 12.8. The van der Waals surface area contributed by atoms with Gasteiger partial charge in [0.1, 0.15) is 18.0 Å². The van der Waals surface area contributed by atoms with Crippen LogP contribution in [0.2, 0.25) is 0 Å². The van der Waals surface area contributed by atoms with Crippen LogP contribution in [-0.4, -0.2) is 42.6 Å². The molecule has 0 aliphatic carbocycles. The molecule has 0 aromatic heterocycles. The van der Waals surface area contributed by atoms with Gasteiger partial charge in [-0.05, 0) is 48.2 Å². The molecule has 0 spiro atoms. The zero-order chi connectivity index (χ0) is 20.0. The minimum absolute atomic E-state index is 0.156. The third-order valence-electron chi connectivity index (χ3n) is 4.44. The maximum absolute atomic E-state index is 12.9. The highest BCUT2D eigenvalue weighted by Gasteiger charge is 2.20. The second-order valence-corrected chi connectivity index (χ2v) is 6.41. The first kappa shape index (κ1) is 20.3. The number of carboxylic acid groups (broad SMARTS) is 1. The number of aliphatic carboxylic acids is 1. The summed E-state index contributed by atoms with van der Waals surface area (Å²) in [5.41, 5.74) is 3.70. The number of carboxylic acids is 1. The van der Waals surface area contributed by atoms with Crippen molar-refractivity contribution < 1.29 is 24.2 Å². The molecule has 2 aromatic rings. The molecule has 2 rings (SSSR count). The van der Waals surface area contributed by atoms with Crippen molar-refractivity contribution in [2.75, 3.05) is 20.8 Å². The number of carbonyl (C=O) groups excluding carboxylic acids is 1. The van der Waals surface area contributed by atoms with Crippen LogP contribution in [0.3, 0.4) is 0 Å². The summed E-state index contributed by atoms with van der Waals surface area (Å²) in [6.07, 6.45) is 0.160. The van der Waals surface area contributed by atoms with Crippen LogP contribution in [0.15, 0.2) is 36.4 Å². The lowest BCUT2D eigenvalue weighted by Crippen LogP contribution is -2.36. The molecule has 144 valence electrons. The quantitative estimate of drug-likeness (QED) is 0.772. The largest absolute Gasteiger partial charge is 0.497 e. The molecular weight excluding hydrogens is 346 g/mol. The monoisotopic (exact) mass is 371 g/mol. The zero-order valence-electron chi connectivity index (χ0n) is 16.1. The standard InChI is InChI=1S/C21H25NO5/c1-14-6-5-7-15(2)19(14)11-20(23)22(13-21(24)25)12-16-8-17(26-3)10-18(9-16)27-4/h5-10H,11-13H2,1-4H3,(H,24,25). The fourth-order valence-electron chi connectivity index (χ4n) is 2.96. The van der Waals surface area contributed by atoms with Crippen LogP contribution >= 0.6 is 0 Å². The SMILES string of the molecule is COc1cc(CN(CC(=O)O)C(=O)Cc2c(C)cccc2C)cc(OC)c1. The van der Waals surface area contributed by atoms with E-state index in [9.17, 15) is 14.7 Å². The molecule has 6 heteroatoms. The van der Waals surface area contributed by atoms with Crippen LogP contribution < -0.4 is 9.47 Å². The molecule has 0 unspecified atom stereocenters. The van der Waals surface area contributed by atoms with Gasteiger partial charge in [0.25, 0.3) is 0 Å². The molecule has 6 nitrogen and oxygen atoms in total. The van der Waals surface area contributed by atoms with Crippen molar-refractivity contribution in [3.05, 3.63) is 58.7 Å². The van der Waals surface area contributed by atoms with Crippen molar-refractivity contribution in [3.63, 3.8) is 0 Å². The maximum Gasteiger partial charge on any atom is 0.323 e. The van der Waals surface area contributed by atoms with Crippen molar-refractivity contribution in [3.8, 4) is 11.5 Å². The predicted octanol–water partition coefficient (Wildman–Crippen LogP) is 2.98. The third-order valence-corrected chi connectivity index (χ3v) is 4.44. The highest BCUT2D eigenvalue weighted by Crippen LogP contribution is 2.24. The summed E-state index contributed by atoms with van der Waals surface area (Å²) in [5.74, 6) is -0.125. The lowest BCUT2D eigenvalue weighted by Gasteiger charge is -2.22. The van der Waals surface area contributed by atoms with E-state index < -0.39 is 5.97 Å². The molecule has 1 amide bonds. The van der Waals surface area contributed by atoms with E-state index in [0.717, 1.165) is 22.3 Å². The zero-order valence-corrected chi connectivity index (χ0v) is 16.1. The van der Waals surface area contributed by atoms with E-state index in [4.69, 9.17) is 9.47 Å². The van der Waals surface area contributed by atoms with Crippen LogP contribution in [0.5, 0.6) is 11.5 Å². The molecule has 2 aromatic carbocycles. The fourth-order valence-corrected chi connectivity index (χ4v) is 2.96. The van der Waals surface area contributed by atoms with E-state index in [-0.39, 0.29) is 25.4 Å². The summed E-state index contributed by atoms with van der Waals surface area (Å²) in [6.45, 7) is 3.68. The summed E-state index contributed by atoms with van der Waals surface area (Å²) >= 11 is 0. The lowest BCUT2D eigenvalue weighted by molar-refractivity contribution is -0.144. The lowest BCUT2D eigenvalue weighted by atomic mass is 9.99. The first-order valence-corrected chi connectivity index (χ1v) is 8.60. The van der Waals surface area contributed by atoms with Crippen molar-refractivity contribution >= 4 is 11.9 Å². The fraction of sp³-hybridized carbons (Fsp3) is 0.333. The van der Waals surface area contributed by atoms with Gasteiger partial charge in [0.05, 0.1) is 20.6 Å². The average Bonchev–Trinajstić information content (AvgIpc) is 2.63. The summed E-state index contributed by atoms with van der Waals surface area (Å²) in [4.78, 5) is 25.5. The normalized spacial score (nSPS) is 10.4. The molecule has 0 fully saturated rings. The number of amides is 1. The van der Waals surface area contributed by atoms with Crippen molar-refractivity contribution in [2.45, 2.75) is 26.8 Å². The van der Waals surface area contributed by atoms with Crippen LogP contribution in [0, 0.1) is 13.8 Å². The Morgan fingerprint density at radius 1 is 1.00 bits per heavy atom. The van der Waals surface area contributed by atoms with Crippen LogP contribution in [0.4, 0.5) is 0 Å². The topological polar surface area (TPSA) is 76.1 Å². The number of rotatable bonds is 8. The van der Waals surface area contributed by atoms with Crippen molar-refractivity contribution in [2.24, 2.45) is 0 Å². The molecular formula is C21H25NO5. The Hall–Kier alpha value is -3.02. The number of aryl methyl sites for hydroxylation is 2. The van der Waals surface area contributed by atoms with Crippen molar-refractivity contribution in [1.29, 1.82) is 0 Å². The smallest absolute Gasteiger partial charge is 0.323 e. The number of ether oxygens (including phenoxy) is 2.